The average Bonchev–Trinajstić information content (AvgIpc) is 3.19. The van der Waals surface area contributed by atoms with E-state index in [4.69, 9.17) is 9.47 Å². The second-order valence-electron chi connectivity index (χ2n) is 11.6. The highest BCUT2D eigenvalue weighted by Gasteiger charge is 2.62. The SMILES string of the molecule is CC#CC1(O)CCC2C3CCC4=CC(=O)CCC4=C3C(c3ccc(Oc4ccc(OC)cc4)cc3)CC21C. The molecule has 0 heterocycles. The van der Waals surface area contributed by atoms with E-state index in [0.29, 0.717) is 18.3 Å². The van der Waals surface area contributed by atoms with Crippen LogP contribution in [0.25, 0.3) is 0 Å². The molecule has 2 saturated carbocycles. The Bertz CT molecular complexity index is 1370. The number of aliphatic hydroxyl groups is 1. The van der Waals surface area contributed by atoms with E-state index in [2.05, 4.69) is 30.9 Å². The van der Waals surface area contributed by atoms with Crippen molar-refractivity contribution < 1.29 is 19.4 Å². The van der Waals surface area contributed by atoms with E-state index in [9.17, 15) is 9.90 Å². The number of carbonyl (C=O) groups excluding carboxylic acids is 1. The fraction of sp³-hybridized carbons (Fsp3) is 0.441. The van der Waals surface area contributed by atoms with Gasteiger partial charge >= 0.3 is 0 Å². The summed E-state index contributed by atoms with van der Waals surface area (Å²) < 4.78 is 11.4. The summed E-state index contributed by atoms with van der Waals surface area (Å²) in [5, 5.41) is 11.8. The van der Waals surface area contributed by atoms with Gasteiger partial charge in [0.15, 0.2) is 5.78 Å². The summed E-state index contributed by atoms with van der Waals surface area (Å²) in [4.78, 5) is 12.3. The van der Waals surface area contributed by atoms with Crippen LogP contribution in [0.3, 0.4) is 0 Å². The highest BCUT2D eigenvalue weighted by atomic mass is 16.5. The molecule has 38 heavy (non-hydrogen) atoms. The van der Waals surface area contributed by atoms with Crippen molar-refractivity contribution in [3.05, 3.63) is 76.9 Å². The molecule has 4 aliphatic rings. The molecule has 0 aromatic heterocycles. The van der Waals surface area contributed by atoms with Crippen LogP contribution in [-0.4, -0.2) is 23.6 Å². The van der Waals surface area contributed by atoms with Gasteiger partial charge < -0.3 is 14.6 Å². The van der Waals surface area contributed by atoms with Crippen molar-refractivity contribution in [3.63, 3.8) is 0 Å². The van der Waals surface area contributed by atoms with E-state index in [0.717, 1.165) is 55.8 Å². The first-order valence-electron chi connectivity index (χ1n) is 13.9. The highest BCUT2D eigenvalue weighted by molar-refractivity contribution is 5.93. The molecule has 4 nitrogen and oxygen atoms in total. The fourth-order valence-electron chi connectivity index (χ4n) is 7.92. The van der Waals surface area contributed by atoms with Crippen molar-refractivity contribution in [1.82, 2.24) is 0 Å². The van der Waals surface area contributed by atoms with Crippen molar-refractivity contribution in [3.8, 4) is 29.1 Å². The minimum absolute atomic E-state index is 0.187. The second kappa shape index (κ2) is 9.47. The van der Waals surface area contributed by atoms with Gasteiger partial charge in [-0.2, -0.15) is 0 Å². The molecule has 0 amide bonds. The van der Waals surface area contributed by atoms with Crippen LogP contribution in [0.5, 0.6) is 17.2 Å². The average molecular weight is 509 g/mol. The molecule has 0 spiro atoms. The Morgan fingerprint density at radius 1 is 0.947 bits per heavy atom. The number of fused-ring (bicyclic) bond motifs is 4. The smallest absolute Gasteiger partial charge is 0.156 e. The van der Waals surface area contributed by atoms with Gasteiger partial charge in [-0.05, 0) is 116 Å². The standard InChI is InChI=1S/C34H36O4/c1-4-18-34(36)19-17-31-29-15-7-23-20-24(35)8-16-28(23)32(29)30(21-33(31,34)2)22-5-9-26(10-6-22)38-27-13-11-25(37-3)12-14-27/h5-6,9-14,20,29-31,36H,7-8,15-17,19,21H2,1-3H3. The number of allylic oxidation sites excluding steroid dienone is 4. The number of rotatable bonds is 4. The molecule has 6 rings (SSSR count). The number of ether oxygens (including phenoxy) is 2. The largest absolute Gasteiger partial charge is 0.497 e. The zero-order valence-corrected chi connectivity index (χ0v) is 22.5. The van der Waals surface area contributed by atoms with Gasteiger partial charge in [0, 0.05) is 17.8 Å². The predicted molar refractivity (Wildman–Crippen MR) is 148 cm³/mol. The highest BCUT2D eigenvalue weighted by Crippen LogP contribution is 2.66. The number of benzene rings is 2. The first-order valence-corrected chi connectivity index (χ1v) is 13.9. The number of methoxy groups -OCH3 is 1. The predicted octanol–water partition coefficient (Wildman–Crippen LogP) is 7.14. The maximum Gasteiger partial charge on any atom is 0.156 e. The van der Waals surface area contributed by atoms with E-state index in [1.54, 1.807) is 7.11 Å². The maximum absolute atomic E-state index is 12.3. The van der Waals surface area contributed by atoms with E-state index in [-0.39, 0.29) is 17.1 Å². The normalized spacial score (nSPS) is 31.8. The Hall–Kier alpha value is -3.29. The number of hydrogen-bond acceptors (Lipinski definition) is 4. The lowest BCUT2D eigenvalue weighted by molar-refractivity contribution is -0.114. The van der Waals surface area contributed by atoms with Crippen molar-refractivity contribution in [2.24, 2.45) is 17.3 Å². The van der Waals surface area contributed by atoms with Gasteiger partial charge in [-0.1, -0.05) is 30.6 Å². The van der Waals surface area contributed by atoms with Crippen molar-refractivity contribution in [2.45, 2.75) is 70.3 Å². The van der Waals surface area contributed by atoms with Crippen LogP contribution in [0.4, 0.5) is 0 Å². The Kier molecular flexibility index (Phi) is 6.23. The number of carbonyl (C=O) groups is 1. The van der Waals surface area contributed by atoms with Gasteiger partial charge in [0.05, 0.1) is 7.11 Å². The summed E-state index contributed by atoms with van der Waals surface area (Å²) >= 11 is 0. The molecular weight excluding hydrogens is 472 g/mol. The number of hydrogen-bond donors (Lipinski definition) is 1. The molecule has 196 valence electrons. The quantitative estimate of drug-likeness (QED) is 0.446. The third kappa shape index (κ3) is 4.00. The van der Waals surface area contributed by atoms with E-state index in [1.165, 1.54) is 22.3 Å². The van der Waals surface area contributed by atoms with Crippen LogP contribution in [0, 0.1) is 29.1 Å². The Morgan fingerprint density at radius 2 is 1.63 bits per heavy atom. The summed E-state index contributed by atoms with van der Waals surface area (Å²) in [5.41, 5.74) is 4.20. The van der Waals surface area contributed by atoms with Crippen molar-refractivity contribution >= 4 is 5.78 Å². The molecule has 0 aliphatic heterocycles. The van der Waals surface area contributed by atoms with Crippen molar-refractivity contribution in [1.29, 1.82) is 0 Å². The molecule has 2 aromatic rings. The molecule has 2 aromatic carbocycles. The van der Waals surface area contributed by atoms with E-state index in [1.807, 2.05) is 49.4 Å². The summed E-state index contributed by atoms with van der Waals surface area (Å²) in [5.74, 6) is 9.90. The lowest BCUT2D eigenvalue weighted by atomic mass is 9.51. The Morgan fingerprint density at radius 3 is 2.32 bits per heavy atom. The van der Waals surface area contributed by atoms with Crippen LogP contribution < -0.4 is 9.47 Å². The Balaban J connectivity index is 1.39. The molecule has 0 saturated heterocycles. The summed E-state index contributed by atoms with van der Waals surface area (Å²) in [7, 11) is 1.65. The number of ketones is 1. The Labute approximate surface area is 225 Å². The molecule has 1 N–H and O–H groups in total. The summed E-state index contributed by atoms with van der Waals surface area (Å²) in [6.45, 7) is 4.11. The summed E-state index contributed by atoms with van der Waals surface area (Å²) in [6.07, 6.45) is 7.95. The van der Waals surface area contributed by atoms with Crippen LogP contribution in [0.1, 0.15) is 70.3 Å². The fourth-order valence-corrected chi connectivity index (χ4v) is 7.92. The van der Waals surface area contributed by atoms with Gasteiger partial charge in [0.1, 0.15) is 22.8 Å². The van der Waals surface area contributed by atoms with Crippen LogP contribution in [0.2, 0.25) is 0 Å². The van der Waals surface area contributed by atoms with Gasteiger partial charge in [-0.15, -0.1) is 5.92 Å². The van der Waals surface area contributed by atoms with Crippen LogP contribution >= 0.6 is 0 Å². The second-order valence-corrected chi connectivity index (χ2v) is 11.6. The minimum Gasteiger partial charge on any atom is -0.497 e. The molecule has 4 heteroatoms. The molecular formula is C34H36O4. The van der Waals surface area contributed by atoms with Crippen molar-refractivity contribution in [2.75, 3.05) is 7.11 Å². The molecule has 0 bridgehead atoms. The summed E-state index contributed by atoms with van der Waals surface area (Å²) in [6, 6.07) is 16.1. The third-order valence-corrected chi connectivity index (χ3v) is 9.80. The molecule has 5 atom stereocenters. The maximum atomic E-state index is 12.3. The van der Waals surface area contributed by atoms with Gasteiger partial charge in [-0.3, -0.25) is 4.79 Å². The molecule has 4 aliphatic carbocycles. The minimum atomic E-state index is -0.961. The van der Waals surface area contributed by atoms with Gasteiger partial charge in [-0.25, -0.2) is 0 Å². The lowest BCUT2D eigenvalue weighted by Crippen LogP contribution is -2.51. The molecule has 2 fully saturated rings. The van der Waals surface area contributed by atoms with Gasteiger partial charge in [0.2, 0.25) is 0 Å². The van der Waals surface area contributed by atoms with E-state index >= 15 is 0 Å². The monoisotopic (exact) mass is 508 g/mol. The first kappa shape index (κ1) is 25.0. The zero-order valence-electron chi connectivity index (χ0n) is 22.5. The van der Waals surface area contributed by atoms with Gasteiger partial charge in [0.25, 0.3) is 0 Å². The lowest BCUT2D eigenvalue weighted by Gasteiger charge is -2.53. The zero-order chi connectivity index (χ0) is 26.5. The third-order valence-electron chi connectivity index (χ3n) is 9.80. The van der Waals surface area contributed by atoms with Crippen LogP contribution in [-0.2, 0) is 4.79 Å². The first-order chi connectivity index (χ1) is 18.3. The van der Waals surface area contributed by atoms with Crippen LogP contribution in [0.15, 0.2) is 71.3 Å². The molecule has 0 radical (unpaired) electrons. The topological polar surface area (TPSA) is 55.8 Å². The molecule has 5 unspecified atom stereocenters. The van der Waals surface area contributed by atoms with E-state index < -0.39 is 5.60 Å².